The average molecular weight is 253 g/mol. The summed E-state index contributed by atoms with van der Waals surface area (Å²) in [6.45, 7) is 0.512. The molecule has 0 atom stereocenters. The monoisotopic (exact) mass is 253 g/mol. The highest BCUT2D eigenvalue weighted by atomic mass is 16.5. The molecule has 0 bridgehead atoms. The van der Waals surface area contributed by atoms with Crippen molar-refractivity contribution >= 4 is 5.78 Å². The van der Waals surface area contributed by atoms with Gasteiger partial charge in [-0.15, -0.1) is 0 Å². The standard InChI is InChI=1S/C16H15NO2/c18-16(13-1-2-13)14-3-5-15(6-4-14)19-11-12-7-9-17-10-8-12/h3-10,13H,1-2,11H2. The van der Waals surface area contributed by atoms with Crippen LogP contribution in [0.2, 0.25) is 0 Å². The SMILES string of the molecule is O=C(c1ccc(OCc2ccncc2)cc1)C1CC1. The van der Waals surface area contributed by atoms with Crippen LogP contribution in [-0.4, -0.2) is 10.8 Å². The minimum Gasteiger partial charge on any atom is -0.489 e. The number of pyridine rings is 1. The van der Waals surface area contributed by atoms with Crippen molar-refractivity contribution in [2.45, 2.75) is 19.4 Å². The van der Waals surface area contributed by atoms with Gasteiger partial charge in [0.1, 0.15) is 12.4 Å². The summed E-state index contributed by atoms with van der Waals surface area (Å²) in [7, 11) is 0. The molecule has 0 spiro atoms. The summed E-state index contributed by atoms with van der Waals surface area (Å²) in [5, 5.41) is 0. The van der Waals surface area contributed by atoms with Crippen LogP contribution in [0.3, 0.4) is 0 Å². The van der Waals surface area contributed by atoms with Crippen molar-refractivity contribution in [2.75, 3.05) is 0 Å². The summed E-state index contributed by atoms with van der Waals surface area (Å²) in [6.07, 6.45) is 5.57. The quantitative estimate of drug-likeness (QED) is 0.768. The lowest BCUT2D eigenvalue weighted by Crippen LogP contribution is -2.01. The lowest BCUT2D eigenvalue weighted by Gasteiger charge is -2.06. The fourth-order valence-electron chi connectivity index (χ4n) is 1.94. The molecule has 1 aromatic carbocycles. The van der Waals surface area contributed by atoms with Crippen LogP contribution in [0.1, 0.15) is 28.8 Å². The molecule has 1 saturated carbocycles. The van der Waals surface area contributed by atoms with Crippen LogP contribution in [0.25, 0.3) is 0 Å². The second-order valence-corrected chi connectivity index (χ2v) is 4.81. The number of Topliss-reactive ketones (excluding diaryl/α,β-unsaturated/α-hetero) is 1. The van der Waals surface area contributed by atoms with Gasteiger partial charge in [0.2, 0.25) is 0 Å². The predicted octanol–water partition coefficient (Wildman–Crippen LogP) is 3.25. The molecule has 1 aliphatic carbocycles. The van der Waals surface area contributed by atoms with E-state index in [1.54, 1.807) is 12.4 Å². The molecular formula is C16H15NO2. The molecular weight excluding hydrogens is 238 g/mol. The Morgan fingerprint density at radius 1 is 1.11 bits per heavy atom. The van der Waals surface area contributed by atoms with Gasteiger partial charge in [0.25, 0.3) is 0 Å². The maximum Gasteiger partial charge on any atom is 0.165 e. The molecule has 0 aliphatic heterocycles. The Morgan fingerprint density at radius 2 is 1.79 bits per heavy atom. The van der Waals surface area contributed by atoms with Crippen LogP contribution in [0.5, 0.6) is 5.75 Å². The molecule has 1 aliphatic rings. The Kier molecular flexibility index (Phi) is 3.27. The molecule has 0 N–H and O–H groups in total. The van der Waals surface area contributed by atoms with Crippen LogP contribution < -0.4 is 4.74 Å². The Hall–Kier alpha value is -2.16. The molecule has 1 heterocycles. The molecule has 96 valence electrons. The number of benzene rings is 1. The molecule has 0 radical (unpaired) electrons. The van der Waals surface area contributed by atoms with Crippen molar-refractivity contribution in [1.29, 1.82) is 0 Å². The Bertz CT molecular complexity index is 559. The van der Waals surface area contributed by atoms with Crippen molar-refractivity contribution < 1.29 is 9.53 Å². The van der Waals surface area contributed by atoms with Gasteiger partial charge in [-0.1, -0.05) is 0 Å². The van der Waals surface area contributed by atoms with Crippen LogP contribution in [-0.2, 0) is 6.61 Å². The first-order valence-corrected chi connectivity index (χ1v) is 6.49. The predicted molar refractivity (Wildman–Crippen MR) is 72.1 cm³/mol. The fraction of sp³-hybridized carbons (Fsp3) is 0.250. The van der Waals surface area contributed by atoms with Gasteiger partial charge in [-0.3, -0.25) is 9.78 Å². The second-order valence-electron chi connectivity index (χ2n) is 4.81. The zero-order valence-corrected chi connectivity index (χ0v) is 10.6. The van der Waals surface area contributed by atoms with E-state index in [0.717, 1.165) is 29.7 Å². The fourth-order valence-corrected chi connectivity index (χ4v) is 1.94. The number of hydrogen-bond acceptors (Lipinski definition) is 3. The number of aromatic nitrogens is 1. The van der Waals surface area contributed by atoms with E-state index in [1.165, 1.54) is 0 Å². The van der Waals surface area contributed by atoms with Gasteiger partial charge in [0.15, 0.2) is 5.78 Å². The lowest BCUT2D eigenvalue weighted by atomic mass is 10.1. The summed E-state index contributed by atoms with van der Waals surface area (Å²) in [4.78, 5) is 15.8. The van der Waals surface area contributed by atoms with Crippen molar-refractivity contribution in [3.63, 3.8) is 0 Å². The average Bonchev–Trinajstić information content (AvgIpc) is 3.31. The zero-order chi connectivity index (χ0) is 13.1. The molecule has 3 rings (SSSR count). The molecule has 3 nitrogen and oxygen atoms in total. The summed E-state index contributed by atoms with van der Waals surface area (Å²) in [5.74, 6) is 1.31. The van der Waals surface area contributed by atoms with Crippen molar-refractivity contribution in [3.05, 3.63) is 59.9 Å². The van der Waals surface area contributed by atoms with Crippen molar-refractivity contribution in [3.8, 4) is 5.75 Å². The highest BCUT2D eigenvalue weighted by Crippen LogP contribution is 2.32. The van der Waals surface area contributed by atoms with Crippen LogP contribution >= 0.6 is 0 Å². The summed E-state index contributed by atoms with van der Waals surface area (Å²) >= 11 is 0. The van der Waals surface area contributed by atoms with Gasteiger partial charge in [-0.05, 0) is 54.8 Å². The van der Waals surface area contributed by atoms with E-state index in [4.69, 9.17) is 4.74 Å². The van der Waals surface area contributed by atoms with Gasteiger partial charge < -0.3 is 4.74 Å². The first kappa shape index (κ1) is 11.9. The molecule has 0 saturated heterocycles. The number of hydrogen-bond donors (Lipinski definition) is 0. The third-order valence-corrected chi connectivity index (χ3v) is 3.24. The van der Waals surface area contributed by atoms with Gasteiger partial charge >= 0.3 is 0 Å². The Morgan fingerprint density at radius 3 is 2.42 bits per heavy atom. The molecule has 2 aromatic rings. The number of ether oxygens (including phenoxy) is 1. The molecule has 1 fully saturated rings. The van der Waals surface area contributed by atoms with Crippen LogP contribution in [0.15, 0.2) is 48.8 Å². The summed E-state index contributed by atoms with van der Waals surface area (Å²) < 4.78 is 5.66. The topological polar surface area (TPSA) is 39.2 Å². The van der Waals surface area contributed by atoms with Gasteiger partial charge in [0, 0.05) is 23.9 Å². The van der Waals surface area contributed by atoms with Crippen molar-refractivity contribution in [1.82, 2.24) is 4.98 Å². The Balaban J connectivity index is 1.61. The number of rotatable bonds is 5. The molecule has 19 heavy (non-hydrogen) atoms. The maximum absolute atomic E-state index is 11.8. The van der Waals surface area contributed by atoms with Gasteiger partial charge in [-0.25, -0.2) is 0 Å². The first-order chi connectivity index (χ1) is 9.33. The molecule has 0 amide bonds. The summed E-state index contributed by atoms with van der Waals surface area (Å²) in [5.41, 5.74) is 1.87. The second kappa shape index (κ2) is 5.22. The van der Waals surface area contributed by atoms with E-state index < -0.39 is 0 Å². The van der Waals surface area contributed by atoms with Crippen molar-refractivity contribution in [2.24, 2.45) is 5.92 Å². The zero-order valence-electron chi connectivity index (χ0n) is 10.6. The van der Waals surface area contributed by atoms with E-state index in [1.807, 2.05) is 36.4 Å². The normalized spacial score (nSPS) is 14.1. The maximum atomic E-state index is 11.8. The minimum atomic E-state index is 0.265. The number of carbonyl (C=O) groups excluding carboxylic acids is 1. The lowest BCUT2D eigenvalue weighted by molar-refractivity contribution is 0.0967. The molecule has 0 unspecified atom stereocenters. The Labute approximate surface area is 112 Å². The van der Waals surface area contributed by atoms with E-state index in [9.17, 15) is 4.79 Å². The van der Waals surface area contributed by atoms with E-state index in [0.29, 0.717) is 6.61 Å². The third kappa shape index (κ3) is 2.99. The number of nitrogens with zero attached hydrogens (tertiary/aromatic N) is 1. The van der Waals surface area contributed by atoms with Crippen LogP contribution in [0.4, 0.5) is 0 Å². The van der Waals surface area contributed by atoms with Gasteiger partial charge in [-0.2, -0.15) is 0 Å². The minimum absolute atomic E-state index is 0.265. The number of ketones is 1. The molecule has 1 aromatic heterocycles. The largest absolute Gasteiger partial charge is 0.489 e. The highest BCUT2D eigenvalue weighted by molar-refractivity contribution is 5.99. The highest BCUT2D eigenvalue weighted by Gasteiger charge is 2.30. The summed E-state index contributed by atoms with van der Waals surface area (Å²) in [6, 6.07) is 11.3. The van der Waals surface area contributed by atoms with E-state index in [2.05, 4.69) is 4.98 Å². The number of carbonyl (C=O) groups is 1. The third-order valence-electron chi connectivity index (χ3n) is 3.24. The smallest absolute Gasteiger partial charge is 0.165 e. The van der Waals surface area contributed by atoms with Crippen LogP contribution in [0, 0.1) is 5.92 Å². The molecule has 3 heteroatoms. The van der Waals surface area contributed by atoms with Gasteiger partial charge in [0.05, 0.1) is 0 Å². The first-order valence-electron chi connectivity index (χ1n) is 6.49. The van der Waals surface area contributed by atoms with E-state index in [-0.39, 0.29) is 11.7 Å². The van der Waals surface area contributed by atoms with E-state index >= 15 is 0 Å².